The van der Waals surface area contributed by atoms with Gasteiger partial charge in [0.05, 0.1) is 58.9 Å². The molecule has 20 rings (SSSR count). The van der Waals surface area contributed by atoms with Crippen LogP contribution in [0.2, 0.25) is 27.3 Å². The number of hydrogen-bond donors (Lipinski definition) is 0. The first-order chi connectivity index (χ1) is 51.6. The molecule has 12 aromatic rings. The van der Waals surface area contributed by atoms with Gasteiger partial charge in [-0.05, 0) is 125 Å². The van der Waals surface area contributed by atoms with Gasteiger partial charge in [-0.15, -0.1) is 0 Å². The van der Waals surface area contributed by atoms with Gasteiger partial charge in [-0.25, -0.2) is 19.9 Å². The second-order valence-electron chi connectivity index (χ2n) is 26.4. The average molecular weight is 1340 g/mol. The summed E-state index contributed by atoms with van der Waals surface area (Å²) in [5.41, 5.74) is 13.4. The van der Waals surface area contributed by atoms with E-state index >= 15 is 0 Å². The van der Waals surface area contributed by atoms with Crippen molar-refractivity contribution in [2.45, 2.75) is 79.7 Å². The molecule has 4 aromatic carbocycles. The molecule has 0 saturated carbocycles. The van der Waals surface area contributed by atoms with Crippen LogP contribution in [-0.4, -0.2) is 123 Å². The lowest BCUT2D eigenvalue weighted by molar-refractivity contribution is 0.0849. The molecule has 4 atom stereocenters. The fourth-order valence-corrected chi connectivity index (χ4v) is 15.2. The molecule has 0 aliphatic carbocycles. The van der Waals surface area contributed by atoms with Crippen LogP contribution >= 0.6 is 0 Å². The Morgan fingerprint density at radius 1 is 0.356 bits per heavy atom. The van der Waals surface area contributed by atoms with Crippen LogP contribution in [0.15, 0.2) is 207 Å². The first-order valence-electron chi connectivity index (χ1n) is 37.3. The highest BCUT2D eigenvalue weighted by atomic mass is 16.4. The van der Waals surface area contributed by atoms with Crippen LogP contribution < -0.4 is 72.3 Å². The monoisotopic (exact) mass is 1340 g/mol. The van der Waals surface area contributed by atoms with Crippen molar-refractivity contribution in [2.75, 3.05) is 50.7 Å². The first-order valence-corrected chi connectivity index (χ1v) is 34.3. The molecular weight excluding hydrogens is 1260 g/mol. The highest BCUT2D eigenvalue weighted by Crippen LogP contribution is 2.46. The zero-order valence-corrected chi connectivity index (χ0v) is 57.4. The number of rotatable bonds is 5. The highest BCUT2D eigenvalue weighted by Gasteiger charge is 2.41. The minimum atomic E-state index is -2.23. The van der Waals surface area contributed by atoms with Crippen molar-refractivity contribution in [2.24, 2.45) is 0 Å². The lowest BCUT2D eigenvalue weighted by Crippen LogP contribution is -2.55. The number of fused-ring (bicyclic) bond motifs is 15. The number of para-hydroxylation sites is 7. The Hall–Kier alpha value is -11.8. The molecule has 0 radical (unpaired) electrons. The van der Waals surface area contributed by atoms with Crippen LogP contribution in [0.1, 0.15) is 35.9 Å². The fourth-order valence-electron chi connectivity index (χ4n) is 15.2. The molecule has 0 saturated heterocycles. The van der Waals surface area contributed by atoms with Crippen molar-refractivity contribution in [3.8, 4) is 0 Å². The third-order valence-corrected chi connectivity index (χ3v) is 20.3. The maximum atomic E-state index is 8.00. The Kier molecular flexibility index (Phi) is 13.8. The molecule has 0 amide bonds. The van der Waals surface area contributed by atoms with Crippen molar-refractivity contribution < 1.29 is 25.9 Å². The van der Waals surface area contributed by atoms with Crippen LogP contribution in [-0.2, 0) is 0 Å². The SMILES string of the molecule is CB1C=c2c(oc3ncccc23)=CN1N1c2ccccc2N(C)[C@@H]1C.CB1C=c2c(oc3ncccc23)=CN1N1c2ccccc2N(c2ccccc2)[C@@H]1C.[2H]C([2H])([2H])N1C=CN(N2C=c3oc4ncccc4c3=CB2C)[C@H]1C.[2H]C([2H])([2H])N1c2ccccc2N(N2C=c3oc4ncccc4c3=CB2C)[C@H]1C. The first kappa shape index (κ1) is 56.1. The predicted octanol–water partition coefficient (Wildman–Crippen LogP) is 8.62. The molecule has 16 heterocycles. The zero-order valence-electron chi connectivity index (χ0n) is 63.4. The topological polar surface area (TPSA) is 143 Å². The lowest BCUT2D eigenvalue weighted by Gasteiger charge is -2.40. The van der Waals surface area contributed by atoms with E-state index in [1.165, 1.54) is 38.2 Å². The van der Waals surface area contributed by atoms with Gasteiger partial charge in [0.1, 0.15) is 24.7 Å². The van der Waals surface area contributed by atoms with E-state index in [4.69, 9.17) is 25.9 Å². The molecule has 8 aromatic heterocycles. The quantitative estimate of drug-likeness (QED) is 0.152. The van der Waals surface area contributed by atoms with Gasteiger partial charge in [-0.3, -0.25) is 20.0 Å². The number of hydrogen-bond acceptors (Lipinski definition) is 20. The molecule has 500 valence electrons. The van der Waals surface area contributed by atoms with E-state index in [-0.39, 0.29) is 52.1 Å². The van der Waals surface area contributed by atoms with Crippen molar-refractivity contribution in [1.82, 2.24) is 49.5 Å². The summed E-state index contributed by atoms with van der Waals surface area (Å²) in [5.74, 6) is 8.78. The highest BCUT2D eigenvalue weighted by molar-refractivity contribution is 6.72. The third-order valence-electron chi connectivity index (χ3n) is 20.3. The summed E-state index contributed by atoms with van der Waals surface area (Å²) in [7, 11) is 2.14. The maximum Gasteiger partial charge on any atom is 0.304 e. The Bertz CT molecular complexity index is 6050. The van der Waals surface area contributed by atoms with Crippen LogP contribution in [0.5, 0.6) is 0 Å². The minimum Gasteiger partial charge on any atom is -0.436 e. The summed E-state index contributed by atoms with van der Waals surface area (Å²) in [4.78, 5) is 33.4. The molecule has 8 aliphatic rings. The Morgan fingerprint density at radius 3 is 1.11 bits per heavy atom. The number of hydrazine groups is 4. The van der Waals surface area contributed by atoms with Gasteiger partial charge in [-0.1, -0.05) is 106 Å². The molecule has 8 aliphatic heterocycles. The summed E-state index contributed by atoms with van der Waals surface area (Å²) >= 11 is 0. The van der Waals surface area contributed by atoms with Crippen LogP contribution in [0.4, 0.5) is 39.8 Å². The van der Waals surface area contributed by atoms with Gasteiger partial charge < -0.3 is 56.9 Å². The van der Waals surface area contributed by atoms with Gasteiger partial charge in [-0.2, -0.15) is 0 Å². The molecule has 0 fully saturated rings. The Morgan fingerprint density at radius 2 is 0.703 bits per heavy atom. The van der Waals surface area contributed by atoms with Crippen LogP contribution in [0.25, 0.3) is 93.1 Å². The number of nitrogens with zero attached hydrogens (tertiary/aromatic N) is 16. The van der Waals surface area contributed by atoms with E-state index in [0.29, 0.717) is 28.5 Å². The maximum absolute atomic E-state index is 8.00. The van der Waals surface area contributed by atoms with Gasteiger partial charge >= 0.3 is 27.4 Å². The summed E-state index contributed by atoms with van der Waals surface area (Å²) in [6.07, 6.45) is 18.1. The van der Waals surface area contributed by atoms with Gasteiger partial charge in [0.25, 0.3) is 0 Å². The summed E-state index contributed by atoms with van der Waals surface area (Å²) in [5, 5.41) is 17.1. The molecule has 24 heteroatoms. The average Bonchev–Trinajstić information content (AvgIpc) is 1.59. The van der Waals surface area contributed by atoms with Crippen molar-refractivity contribution in [1.29, 1.82) is 0 Å². The predicted molar refractivity (Wildman–Crippen MR) is 411 cm³/mol. The molecule has 0 unspecified atom stereocenters. The number of benzene rings is 4. The molecule has 0 spiro atoms. The number of pyridine rings is 4. The van der Waals surface area contributed by atoms with Crippen molar-refractivity contribution >= 4 is 160 Å². The van der Waals surface area contributed by atoms with Crippen molar-refractivity contribution in [3.05, 3.63) is 231 Å². The fraction of sp³-hybridized carbons (Fsp3) is 0.195. The summed E-state index contributed by atoms with van der Waals surface area (Å²) in [6, 6.07) is 51.1. The molecule has 101 heavy (non-hydrogen) atoms. The molecule has 0 N–H and O–H groups in total. The summed E-state index contributed by atoms with van der Waals surface area (Å²) in [6.45, 7) is 12.9. The van der Waals surface area contributed by atoms with E-state index < -0.39 is 14.0 Å². The van der Waals surface area contributed by atoms with E-state index in [9.17, 15) is 0 Å². The second kappa shape index (κ2) is 24.9. The number of anilines is 7. The minimum absolute atomic E-state index is 0.0144. The normalized spacial score (nSPS) is 20.0. The Balaban J connectivity index is 0.000000105. The van der Waals surface area contributed by atoms with Gasteiger partial charge in [0.2, 0.25) is 22.9 Å². The van der Waals surface area contributed by atoms with E-state index in [1.54, 1.807) is 37.2 Å². The van der Waals surface area contributed by atoms with Crippen LogP contribution in [0.3, 0.4) is 0 Å². The zero-order chi connectivity index (χ0) is 74.1. The van der Waals surface area contributed by atoms with Gasteiger partial charge in [0.15, 0.2) is 21.7 Å². The van der Waals surface area contributed by atoms with Crippen molar-refractivity contribution in [3.63, 3.8) is 0 Å². The standard InChI is InChI=1S/C24H21BN4O.2C19H19BN4O.C15H17BN4O/c1-17-28(18-9-4-3-5-10-18)21-12-6-7-13-22(21)29(17)27-16-23-20(15-25(27)2)19-11-8-14-26-24(19)30-23;2*1-13-22(3)16-8-4-5-9-17(16)24(13)23-12-18-15(11-20(23)2)14-7-6-10-21-19(14)25-18;1-11-18(3)7-8-19(11)20-10-14-13(9-16(20)2)12-5-4-6-17-15(12)21-14/h3-17H,1-2H3;2*4-13H,1-3H3;4-11H,1-3H3/t17-;2*13-;11-/m0000/s1/i;3D3;;3D3. The lowest BCUT2D eigenvalue weighted by atomic mass is 9.63. The second-order valence-corrected chi connectivity index (χ2v) is 26.4. The number of aromatic nitrogens is 4. The smallest absolute Gasteiger partial charge is 0.304 e. The number of furan rings is 4. The molecular formula is C77H76B4N16O4. The molecule has 0 bridgehead atoms. The molecule has 20 nitrogen and oxygen atoms in total. The van der Waals surface area contributed by atoms with E-state index in [2.05, 4.69) is 225 Å². The third kappa shape index (κ3) is 10.5. The van der Waals surface area contributed by atoms with E-state index in [1.807, 2.05) is 107 Å². The van der Waals surface area contributed by atoms with Crippen LogP contribution in [0, 0.1) is 0 Å². The van der Waals surface area contributed by atoms with E-state index in [0.717, 1.165) is 69.8 Å². The Labute approximate surface area is 594 Å². The summed E-state index contributed by atoms with van der Waals surface area (Å²) < 4.78 is 70.8. The largest absolute Gasteiger partial charge is 0.436 e. The van der Waals surface area contributed by atoms with Gasteiger partial charge in [0, 0.05) is 115 Å².